The van der Waals surface area contributed by atoms with Crippen molar-refractivity contribution in [1.29, 1.82) is 0 Å². The zero-order valence-corrected chi connectivity index (χ0v) is 19.9. The molecule has 0 saturated heterocycles. The van der Waals surface area contributed by atoms with Crippen molar-refractivity contribution >= 4 is 28.3 Å². The molecule has 0 aliphatic carbocycles. The van der Waals surface area contributed by atoms with Gasteiger partial charge >= 0.3 is 0 Å². The van der Waals surface area contributed by atoms with Crippen LogP contribution in [0.5, 0.6) is 11.5 Å². The van der Waals surface area contributed by atoms with Crippen LogP contribution in [0.15, 0.2) is 61.4 Å². The number of halogens is 1. The number of ether oxygens (including phenoxy) is 2. The van der Waals surface area contributed by atoms with Crippen molar-refractivity contribution < 1.29 is 9.47 Å². The van der Waals surface area contributed by atoms with Crippen LogP contribution in [0.25, 0.3) is 22.0 Å². The van der Waals surface area contributed by atoms with Crippen LogP contribution in [0.2, 0.25) is 5.02 Å². The first-order chi connectivity index (χ1) is 17.0. The van der Waals surface area contributed by atoms with E-state index >= 15 is 0 Å². The maximum atomic E-state index is 6.42. The predicted octanol–water partition coefficient (Wildman–Crippen LogP) is 4.52. The van der Waals surface area contributed by atoms with Gasteiger partial charge in [-0.15, -0.1) is 0 Å². The average Bonchev–Trinajstić information content (AvgIpc) is 3.29. The fourth-order valence-corrected chi connectivity index (χ4v) is 3.94. The van der Waals surface area contributed by atoms with Gasteiger partial charge in [-0.05, 0) is 18.1 Å². The van der Waals surface area contributed by atoms with Crippen molar-refractivity contribution in [1.82, 2.24) is 29.7 Å². The van der Waals surface area contributed by atoms with Crippen LogP contribution in [-0.4, -0.2) is 29.7 Å². The van der Waals surface area contributed by atoms with E-state index in [1.165, 1.54) is 6.33 Å². The molecule has 0 fully saturated rings. The van der Waals surface area contributed by atoms with Crippen molar-refractivity contribution in [3.63, 3.8) is 0 Å². The average molecular weight is 488 g/mol. The Hall–Kier alpha value is -4.24. The lowest BCUT2D eigenvalue weighted by molar-refractivity contribution is 0.287. The largest absolute Gasteiger partial charge is 0.488 e. The predicted molar refractivity (Wildman–Crippen MR) is 133 cm³/mol. The number of aromatic nitrogens is 6. The number of benzene rings is 2. The standard InChI is InChI=1S/C25H22ClN7O2/c1-15-17(9-28-10-18(15)26)22-19(34-11-16-6-4-3-5-7-16)8-20(23-24(22)29-13-30-25(23)27)35-12-21-31-14-33(2)32-21/h3-10,13-14H,11-12H2,1-2H3,(H2,27,29,30). The van der Waals surface area contributed by atoms with Gasteiger partial charge in [0.25, 0.3) is 0 Å². The molecular formula is C25H22ClN7O2. The van der Waals surface area contributed by atoms with Gasteiger partial charge in [-0.25, -0.2) is 15.0 Å². The summed E-state index contributed by atoms with van der Waals surface area (Å²) in [5, 5.41) is 5.37. The van der Waals surface area contributed by atoms with E-state index in [4.69, 9.17) is 26.8 Å². The number of nitrogen functional groups attached to an aromatic ring is 1. The monoisotopic (exact) mass is 487 g/mol. The third-order valence-corrected chi connectivity index (χ3v) is 5.91. The lowest BCUT2D eigenvalue weighted by atomic mass is 9.98. The third kappa shape index (κ3) is 4.58. The van der Waals surface area contributed by atoms with Gasteiger partial charge in [0.2, 0.25) is 0 Å². The fourth-order valence-electron chi connectivity index (χ4n) is 3.78. The molecule has 2 aromatic carbocycles. The molecule has 3 aromatic heterocycles. The van der Waals surface area contributed by atoms with E-state index in [-0.39, 0.29) is 12.4 Å². The van der Waals surface area contributed by atoms with Crippen molar-refractivity contribution in [2.45, 2.75) is 20.1 Å². The summed E-state index contributed by atoms with van der Waals surface area (Å²) < 4.78 is 14.1. The van der Waals surface area contributed by atoms with Gasteiger partial charge in [0.1, 0.15) is 43.2 Å². The zero-order valence-electron chi connectivity index (χ0n) is 19.1. The molecule has 0 aliphatic heterocycles. The number of anilines is 1. The van der Waals surface area contributed by atoms with Gasteiger partial charge in [-0.1, -0.05) is 41.9 Å². The molecule has 0 saturated carbocycles. The van der Waals surface area contributed by atoms with E-state index in [0.29, 0.717) is 45.4 Å². The summed E-state index contributed by atoms with van der Waals surface area (Å²) in [4.78, 5) is 17.3. The highest BCUT2D eigenvalue weighted by atomic mass is 35.5. The minimum atomic E-state index is 0.138. The van der Waals surface area contributed by atoms with Crippen molar-refractivity contribution in [2.24, 2.45) is 7.05 Å². The summed E-state index contributed by atoms with van der Waals surface area (Å²) in [7, 11) is 1.80. The third-order valence-electron chi connectivity index (χ3n) is 5.53. The number of hydrogen-bond acceptors (Lipinski definition) is 8. The SMILES string of the molecule is Cc1c(Cl)cncc1-c1c(OCc2ccccc2)cc(OCc2ncn(C)n2)c2c(N)ncnc12. The van der Waals surface area contributed by atoms with Gasteiger partial charge in [0.15, 0.2) is 5.82 Å². The van der Waals surface area contributed by atoms with Gasteiger partial charge < -0.3 is 15.2 Å². The van der Waals surface area contributed by atoms with Crippen LogP contribution in [-0.2, 0) is 20.3 Å². The summed E-state index contributed by atoms with van der Waals surface area (Å²) in [6, 6.07) is 11.7. The van der Waals surface area contributed by atoms with Gasteiger partial charge in [-0.3, -0.25) is 9.67 Å². The number of hydrogen-bond donors (Lipinski definition) is 1. The van der Waals surface area contributed by atoms with Crippen molar-refractivity contribution in [3.8, 4) is 22.6 Å². The van der Waals surface area contributed by atoms with Gasteiger partial charge in [0, 0.05) is 31.1 Å². The number of rotatable bonds is 7. The normalized spacial score (nSPS) is 11.1. The first-order valence-electron chi connectivity index (χ1n) is 10.8. The Balaban J connectivity index is 1.67. The van der Waals surface area contributed by atoms with E-state index in [9.17, 15) is 0 Å². The summed E-state index contributed by atoms with van der Waals surface area (Å²) in [6.45, 7) is 2.40. The molecule has 10 heteroatoms. The Kier molecular flexibility index (Phi) is 6.15. The minimum Gasteiger partial charge on any atom is -0.488 e. The van der Waals surface area contributed by atoms with Gasteiger partial charge in [-0.2, -0.15) is 5.10 Å². The lowest BCUT2D eigenvalue weighted by Gasteiger charge is -2.19. The van der Waals surface area contributed by atoms with Crippen LogP contribution in [0.1, 0.15) is 17.0 Å². The topological polar surface area (TPSA) is 114 Å². The van der Waals surface area contributed by atoms with E-state index < -0.39 is 0 Å². The van der Waals surface area contributed by atoms with Crippen LogP contribution >= 0.6 is 11.6 Å². The Morgan fingerprint density at radius 3 is 2.57 bits per heavy atom. The summed E-state index contributed by atoms with van der Waals surface area (Å²) in [5.41, 5.74) is 10.2. The number of fused-ring (bicyclic) bond motifs is 1. The Morgan fingerprint density at radius 1 is 1.00 bits per heavy atom. The molecule has 9 nitrogen and oxygen atoms in total. The molecule has 2 N–H and O–H groups in total. The molecule has 0 bridgehead atoms. The Bertz CT molecular complexity index is 1510. The maximum absolute atomic E-state index is 6.42. The molecule has 0 radical (unpaired) electrons. The second-order valence-corrected chi connectivity index (χ2v) is 8.33. The number of pyridine rings is 1. The van der Waals surface area contributed by atoms with Gasteiger partial charge in [0.05, 0.1) is 21.5 Å². The zero-order chi connectivity index (χ0) is 24.4. The molecule has 176 valence electrons. The highest BCUT2D eigenvalue weighted by molar-refractivity contribution is 6.31. The molecule has 3 heterocycles. The molecular weight excluding hydrogens is 466 g/mol. The second kappa shape index (κ2) is 9.55. The molecule has 0 unspecified atom stereocenters. The minimum absolute atomic E-state index is 0.138. The maximum Gasteiger partial charge on any atom is 0.188 e. The quantitative estimate of drug-likeness (QED) is 0.356. The first-order valence-corrected chi connectivity index (χ1v) is 11.2. The fraction of sp³-hybridized carbons (Fsp3) is 0.160. The molecule has 5 aromatic rings. The number of nitrogens with zero attached hydrogens (tertiary/aromatic N) is 6. The van der Waals surface area contributed by atoms with E-state index in [0.717, 1.165) is 16.7 Å². The molecule has 0 aliphatic rings. The van der Waals surface area contributed by atoms with E-state index in [1.54, 1.807) is 36.5 Å². The summed E-state index contributed by atoms with van der Waals surface area (Å²) in [5.74, 6) is 1.82. The first kappa shape index (κ1) is 22.5. The van der Waals surface area contributed by atoms with Crippen LogP contribution < -0.4 is 15.2 Å². The highest BCUT2D eigenvalue weighted by Gasteiger charge is 2.22. The second-order valence-electron chi connectivity index (χ2n) is 7.92. The Morgan fingerprint density at radius 2 is 1.80 bits per heavy atom. The van der Waals surface area contributed by atoms with Crippen LogP contribution in [0.4, 0.5) is 5.82 Å². The molecule has 0 spiro atoms. The molecule has 0 atom stereocenters. The van der Waals surface area contributed by atoms with Crippen LogP contribution in [0, 0.1) is 6.92 Å². The van der Waals surface area contributed by atoms with Crippen molar-refractivity contribution in [3.05, 3.63) is 83.4 Å². The van der Waals surface area contributed by atoms with E-state index in [2.05, 4.69) is 25.0 Å². The molecule has 0 amide bonds. The summed E-state index contributed by atoms with van der Waals surface area (Å²) >= 11 is 6.42. The Labute approximate surface area is 206 Å². The lowest BCUT2D eigenvalue weighted by Crippen LogP contribution is -2.05. The number of nitrogens with two attached hydrogens (primary N) is 1. The summed E-state index contributed by atoms with van der Waals surface area (Å²) in [6.07, 6.45) is 6.37. The smallest absolute Gasteiger partial charge is 0.188 e. The molecule has 5 rings (SSSR count). The van der Waals surface area contributed by atoms with Crippen LogP contribution in [0.3, 0.4) is 0 Å². The van der Waals surface area contributed by atoms with E-state index in [1.807, 2.05) is 37.3 Å². The number of aryl methyl sites for hydroxylation is 1. The van der Waals surface area contributed by atoms with Crippen molar-refractivity contribution in [2.75, 3.05) is 5.73 Å². The highest BCUT2D eigenvalue weighted by Crippen LogP contribution is 2.44. The molecule has 35 heavy (non-hydrogen) atoms.